The van der Waals surface area contributed by atoms with Crippen LogP contribution < -0.4 is 11.1 Å². The molecule has 4 N–H and O–H groups in total. The largest absolute Gasteiger partial charge is 0.409 e. The Hall–Kier alpha value is -2.04. The zero-order chi connectivity index (χ0) is 16.0. The van der Waals surface area contributed by atoms with Crippen LogP contribution in [0.4, 0.5) is 0 Å². The molecule has 116 valence electrons. The average Bonchev–Trinajstić information content (AvgIpc) is 2.45. The van der Waals surface area contributed by atoms with Gasteiger partial charge in [0.25, 0.3) is 5.91 Å². The van der Waals surface area contributed by atoms with Crippen molar-refractivity contribution in [2.24, 2.45) is 10.9 Å². The highest BCUT2D eigenvalue weighted by atomic mass is 16.4. The molecule has 0 bridgehead atoms. The number of amides is 1. The van der Waals surface area contributed by atoms with Crippen molar-refractivity contribution < 1.29 is 10.0 Å². The molecule has 1 aromatic carbocycles. The van der Waals surface area contributed by atoms with Crippen LogP contribution in [0, 0.1) is 0 Å². The minimum absolute atomic E-state index is 0.0263. The van der Waals surface area contributed by atoms with Gasteiger partial charge in [0.05, 0.1) is 6.04 Å². The quantitative estimate of drug-likeness (QED) is 0.337. The van der Waals surface area contributed by atoms with Crippen molar-refractivity contribution in [3.63, 3.8) is 0 Å². The zero-order valence-electron chi connectivity index (χ0n) is 13.2. The molecule has 0 spiro atoms. The third kappa shape index (κ3) is 4.48. The standard InChI is InChI=1S/C16H25N3O2/c1-5-8-13(14(17)19-21)18-15(20)11-9-6-7-10-12(11)16(2,3)4/h6-7,9-10,13,21H,5,8H2,1-4H3,(H2,17,19)(H,18,20). The van der Waals surface area contributed by atoms with Crippen molar-refractivity contribution >= 4 is 11.7 Å². The van der Waals surface area contributed by atoms with E-state index in [1.807, 2.05) is 25.1 Å². The highest BCUT2D eigenvalue weighted by Gasteiger charge is 2.23. The molecule has 0 aliphatic heterocycles. The molecule has 0 aliphatic carbocycles. The summed E-state index contributed by atoms with van der Waals surface area (Å²) in [6, 6.07) is 7.05. The summed E-state index contributed by atoms with van der Waals surface area (Å²) in [5.41, 5.74) is 7.10. The highest BCUT2D eigenvalue weighted by Crippen LogP contribution is 2.25. The molecule has 21 heavy (non-hydrogen) atoms. The van der Waals surface area contributed by atoms with Crippen LogP contribution in [-0.4, -0.2) is 23.0 Å². The smallest absolute Gasteiger partial charge is 0.252 e. The van der Waals surface area contributed by atoms with Crippen LogP contribution >= 0.6 is 0 Å². The van der Waals surface area contributed by atoms with Crippen molar-refractivity contribution in [2.75, 3.05) is 0 Å². The SMILES string of the molecule is CCCC(NC(=O)c1ccccc1C(C)(C)C)/C(N)=N/O. The summed E-state index contributed by atoms with van der Waals surface area (Å²) < 4.78 is 0. The molecule has 0 saturated carbocycles. The summed E-state index contributed by atoms with van der Waals surface area (Å²) in [5.74, 6) is -0.177. The molecule has 0 saturated heterocycles. The van der Waals surface area contributed by atoms with Gasteiger partial charge in [0.15, 0.2) is 5.84 Å². The van der Waals surface area contributed by atoms with Crippen molar-refractivity contribution in [1.29, 1.82) is 0 Å². The minimum atomic E-state index is -0.458. The lowest BCUT2D eigenvalue weighted by Gasteiger charge is -2.24. The maximum absolute atomic E-state index is 12.5. The number of nitrogens with two attached hydrogens (primary N) is 1. The van der Waals surface area contributed by atoms with E-state index in [1.165, 1.54) is 0 Å². The van der Waals surface area contributed by atoms with Crippen LogP contribution in [-0.2, 0) is 5.41 Å². The number of hydrogen-bond donors (Lipinski definition) is 3. The predicted molar refractivity (Wildman–Crippen MR) is 84.7 cm³/mol. The van der Waals surface area contributed by atoms with Gasteiger partial charge in [-0.25, -0.2) is 0 Å². The van der Waals surface area contributed by atoms with E-state index in [0.29, 0.717) is 12.0 Å². The van der Waals surface area contributed by atoms with Gasteiger partial charge in [0.1, 0.15) is 0 Å². The Labute approximate surface area is 126 Å². The van der Waals surface area contributed by atoms with Crippen molar-refractivity contribution in [3.8, 4) is 0 Å². The Morgan fingerprint density at radius 2 is 2.00 bits per heavy atom. The molecule has 1 atom stereocenters. The summed E-state index contributed by atoms with van der Waals surface area (Å²) >= 11 is 0. The number of hydrogen-bond acceptors (Lipinski definition) is 3. The van der Waals surface area contributed by atoms with Gasteiger partial charge in [-0.05, 0) is 23.5 Å². The van der Waals surface area contributed by atoms with Gasteiger partial charge in [-0.1, -0.05) is 57.5 Å². The molecule has 1 amide bonds. The number of amidine groups is 1. The van der Waals surface area contributed by atoms with E-state index < -0.39 is 6.04 Å². The first-order chi connectivity index (χ1) is 9.81. The average molecular weight is 291 g/mol. The predicted octanol–water partition coefficient (Wildman–Crippen LogP) is 2.63. The molecule has 1 rings (SSSR count). The van der Waals surface area contributed by atoms with Crippen molar-refractivity contribution in [3.05, 3.63) is 35.4 Å². The molecular formula is C16H25N3O2. The van der Waals surface area contributed by atoms with E-state index >= 15 is 0 Å². The third-order valence-electron chi connectivity index (χ3n) is 3.33. The lowest BCUT2D eigenvalue weighted by Crippen LogP contribution is -2.45. The molecule has 5 heteroatoms. The van der Waals surface area contributed by atoms with Gasteiger partial charge in [-0.3, -0.25) is 4.79 Å². The van der Waals surface area contributed by atoms with Gasteiger partial charge in [-0.2, -0.15) is 0 Å². The Morgan fingerprint density at radius 3 is 2.52 bits per heavy atom. The van der Waals surface area contributed by atoms with Gasteiger partial charge >= 0.3 is 0 Å². The fourth-order valence-electron chi connectivity index (χ4n) is 2.22. The third-order valence-corrected chi connectivity index (χ3v) is 3.33. The number of rotatable bonds is 5. The summed E-state index contributed by atoms with van der Waals surface area (Å²) in [7, 11) is 0. The van der Waals surface area contributed by atoms with E-state index in [9.17, 15) is 4.79 Å². The fourth-order valence-corrected chi connectivity index (χ4v) is 2.22. The first-order valence-electron chi connectivity index (χ1n) is 7.19. The van der Waals surface area contributed by atoms with Gasteiger partial charge in [-0.15, -0.1) is 0 Å². The van der Waals surface area contributed by atoms with E-state index in [0.717, 1.165) is 12.0 Å². The molecule has 0 radical (unpaired) electrons. The Bertz CT molecular complexity index is 518. The van der Waals surface area contributed by atoms with Gasteiger partial charge in [0.2, 0.25) is 0 Å². The van der Waals surface area contributed by atoms with Gasteiger partial charge < -0.3 is 16.3 Å². The van der Waals surface area contributed by atoms with E-state index in [-0.39, 0.29) is 17.2 Å². The van der Waals surface area contributed by atoms with E-state index in [2.05, 4.69) is 31.2 Å². The molecule has 5 nitrogen and oxygen atoms in total. The lowest BCUT2D eigenvalue weighted by molar-refractivity contribution is 0.0942. The van der Waals surface area contributed by atoms with Crippen LogP contribution in [0.5, 0.6) is 0 Å². The maximum atomic E-state index is 12.5. The number of carbonyl (C=O) groups excluding carboxylic acids is 1. The van der Waals surface area contributed by atoms with Crippen LogP contribution in [0.3, 0.4) is 0 Å². The summed E-state index contributed by atoms with van der Waals surface area (Å²) in [5, 5.41) is 14.7. The second kappa shape index (κ2) is 7.11. The zero-order valence-corrected chi connectivity index (χ0v) is 13.2. The second-order valence-electron chi connectivity index (χ2n) is 6.14. The lowest BCUT2D eigenvalue weighted by atomic mass is 9.83. The number of nitrogens with one attached hydrogen (secondary N) is 1. The summed E-state index contributed by atoms with van der Waals surface area (Å²) in [4.78, 5) is 12.5. The summed E-state index contributed by atoms with van der Waals surface area (Å²) in [6.45, 7) is 8.16. The number of oxime groups is 1. The van der Waals surface area contributed by atoms with Crippen LogP contribution in [0.15, 0.2) is 29.4 Å². The first kappa shape index (κ1) is 17.0. The highest BCUT2D eigenvalue weighted by molar-refractivity contribution is 5.99. The first-order valence-corrected chi connectivity index (χ1v) is 7.19. The minimum Gasteiger partial charge on any atom is -0.409 e. The molecule has 0 fully saturated rings. The van der Waals surface area contributed by atoms with Crippen molar-refractivity contribution in [2.45, 2.75) is 52.0 Å². The van der Waals surface area contributed by atoms with E-state index in [1.54, 1.807) is 6.07 Å². The van der Waals surface area contributed by atoms with Crippen LogP contribution in [0.1, 0.15) is 56.5 Å². The molecule has 0 aliphatic rings. The normalized spacial score (nSPS) is 13.8. The topological polar surface area (TPSA) is 87.7 Å². The Morgan fingerprint density at radius 1 is 1.38 bits per heavy atom. The molecule has 1 aromatic rings. The molecule has 1 unspecified atom stereocenters. The maximum Gasteiger partial charge on any atom is 0.252 e. The molecular weight excluding hydrogens is 266 g/mol. The second-order valence-corrected chi connectivity index (χ2v) is 6.14. The molecule has 0 heterocycles. The fraction of sp³-hybridized carbons (Fsp3) is 0.500. The number of carbonyl (C=O) groups is 1. The van der Waals surface area contributed by atoms with E-state index in [4.69, 9.17) is 10.9 Å². The monoisotopic (exact) mass is 291 g/mol. The molecule has 0 aromatic heterocycles. The van der Waals surface area contributed by atoms with Crippen LogP contribution in [0.25, 0.3) is 0 Å². The van der Waals surface area contributed by atoms with Gasteiger partial charge in [0, 0.05) is 5.56 Å². The summed E-state index contributed by atoms with van der Waals surface area (Å²) in [6.07, 6.45) is 1.45. The van der Waals surface area contributed by atoms with Crippen LogP contribution in [0.2, 0.25) is 0 Å². The number of nitrogens with zero attached hydrogens (tertiary/aromatic N) is 1. The Kier molecular flexibility index (Phi) is 5.76. The number of benzene rings is 1. The Balaban J connectivity index is 3.04. The van der Waals surface area contributed by atoms with Crippen molar-refractivity contribution in [1.82, 2.24) is 5.32 Å².